The number of aryl methyl sites for hydroxylation is 1. The number of aromatic nitrogens is 3. The van der Waals surface area contributed by atoms with Crippen LogP contribution in [0.15, 0.2) is 16.7 Å². The van der Waals surface area contributed by atoms with Crippen LogP contribution in [0.25, 0.3) is 11.4 Å². The Morgan fingerprint density at radius 1 is 1.41 bits per heavy atom. The van der Waals surface area contributed by atoms with Crippen LogP contribution in [0, 0.1) is 0 Å². The molecule has 0 aliphatic heterocycles. The Morgan fingerprint density at radius 3 is 3.00 bits per heavy atom. The summed E-state index contributed by atoms with van der Waals surface area (Å²) in [7, 11) is 0. The first-order valence-corrected chi connectivity index (χ1v) is 6.37. The topological polar surface area (TPSA) is 54.7 Å². The van der Waals surface area contributed by atoms with Gasteiger partial charge in [0.1, 0.15) is 11.6 Å². The van der Waals surface area contributed by atoms with Crippen molar-refractivity contribution >= 4 is 0 Å². The summed E-state index contributed by atoms with van der Waals surface area (Å²) >= 11 is 0. The lowest BCUT2D eigenvalue weighted by Crippen LogP contribution is -1.94. The van der Waals surface area contributed by atoms with Crippen LogP contribution in [0.1, 0.15) is 50.1 Å². The van der Waals surface area contributed by atoms with Crippen LogP contribution < -0.4 is 0 Å². The van der Waals surface area contributed by atoms with Gasteiger partial charge in [0.05, 0.1) is 11.8 Å². The summed E-state index contributed by atoms with van der Waals surface area (Å²) < 4.78 is 5.41. The van der Waals surface area contributed by atoms with E-state index < -0.39 is 0 Å². The largest absolute Gasteiger partial charge is 0.469 e. The van der Waals surface area contributed by atoms with Gasteiger partial charge in [0.2, 0.25) is 0 Å². The molecule has 2 aromatic heterocycles. The highest BCUT2D eigenvalue weighted by Gasteiger charge is 2.21. The zero-order valence-corrected chi connectivity index (χ0v) is 10.1. The molecule has 0 unspecified atom stereocenters. The zero-order valence-electron chi connectivity index (χ0n) is 10.1. The quantitative estimate of drug-likeness (QED) is 0.881. The second-order valence-corrected chi connectivity index (χ2v) is 4.64. The Morgan fingerprint density at radius 2 is 2.24 bits per heavy atom. The summed E-state index contributed by atoms with van der Waals surface area (Å²) in [5.74, 6) is 3.36. The average Bonchev–Trinajstić information content (AvgIpc) is 3.09. The maximum absolute atomic E-state index is 5.41. The number of hydrogen-bond acceptors (Lipinski definition) is 3. The van der Waals surface area contributed by atoms with Gasteiger partial charge >= 0.3 is 0 Å². The molecule has 1 fully saturated rings. The number of H-pyrrole nitrogens is 1. The molecule has 2 aromatic rings. The third kappa shape index (κ3) is 1.88. The Labute approximate surface area is 100 Å². The predicted molar refractivity (Wildman–Crippen MR) is 64.7 cm³/mol. The first-order valence-electron chi connectivity index (χ1n) is 6.37. The molecule has 1 aliphatic rings. The maximum atomic E-state index is 5.41. The molecule has 17 heavy (non-hydrogen) atoms. The number of nitrogens with zero attached hydrogens (tertiary/aromatic N) is 2. The molecule has 4 nitrogen and oxygen atoms in total. The second-order valence-electron chi connectivity index (χ2n) is 4.64. The number of hydrogen-bond donors (Lipinski definition) is 1. The van der Waals surface area contributed by atoms with Crippen molar-refractivity contribution in [3.8, 4) is 11.4 Å². The van der Waals surface area contributed by atoms with Crippen molar-refractivity contribution in [1.29, 1.82) is 0 Å². The number of furan rings is 1. The minimum Gasteiger partial charge on any atom is -0.469 e. The molecular weight excluding hydrogens is 214 g/mol. The van der Waals surface area contributed by atoms with E-state index in [1.807, 2.05) is 6.07 Å². The summed E-state index contributed by atoms with van der Waals surface area (Å²) in [6.45, 7) is 2.08. The van der Waals surface area contributed by atoms with Gasteiger partial charge in [-0.1, -0.05) is 19.8 Å². The first-order chi connectivity index (χ1) is 8.38. The van der Waals surface area contributed by atoms with E-state index in [9.17, 15) is 0 Å². The van der Waals surface area contributed by atoms with Crippen molar-refractivity contribution < 1.29 is 4.42 Å². The SMILES string of the molecule is CCc1occc1-c1n[nH]c(C2CCCC2)n1. The second kappa shape index (κ2) is 4.35. The smallest absolute Gasteiger partial charge is 0.184 e. The fraction of sp³-hybridized carbons (Fsp3) is 0.538. The molecule has 0 saturated heterocycles. The molecule has 0 atom stereocenters. The summed E-state index contributed by atoms with van der Waals surface area (Å²) in [4.78, 5) is 4.62. The summed E-state index contributed by atoms with van der Waals surface area (Å²) in [6.07, 6.45) is 7.68. The summed E-state index contributed by atoms with van der Waals surface area (Å²) in [6, 6.07) is 1.94. The molecule has 90 valence electrons. The molecule has 0 spiro atoms. The molecule has 3 rings (SSSR count). The lowest BCUT2D eigenvalue weighted by molar-refractivity contribution is 0.517. The molecule has 1 N–H and O–H groups in total. The van der Waals surface area contributed by atoms with E-state index in [-0.39, 0.29) is 0 Å². The third-order valence-electron chi connectivity index (χ3n) is 3.55. The zero-order chi connectivity index (χ0) is 11.7. The van der Waals surface area contributed by atoms with E-state index in [4.69, 9.17) is 4.42 Å². The standard InChI is InChI=1S/C13H17N3O/c1-2-11-10(7-8-17-11)13-14-12(15-16-13)9-5-3-4-6-9/h7-9H,2-6H2,1H3,(H,14,15,16). The van der Waals surface area contributed by atoms with Crippen LogP contribution >= 0.6 is 0 Å². The van der Waals surface area contributed by atoms with Crippen LogP contribution in [0.2, 0.25) is 0 Å². The summed E-state index contributed by atoms with van der Waals surface area (Å²) in [5.41, 5.74) is 1.02. The fourth-order valence-electron chi connectivity index (χ4n) is 2.59. The van der Waals surface area contributed by atoms with Crippen LogP contribution in [0.3, 0.4) is 0 Å². The molecule has 0 radical (unpaired) electrons. The van der Waals surface area contributed by atoms with Crippen molar-refractivity contribution in [3.63, 3.8) is 0 Å². The highest BCUT2D eigenvalue weighted by atomic mass is 16.3. The normalized spacial score (nSPS) is 16.8. The minimum absolute atomic E-state index is 0.577. The van der Waals surface area contributed by atoms with E-state index >= 15 is 0 Å². The van der Waals surface area contributed by atoms with E-state index in [0.29, 0.717) is 5.92 Å². The molecule has 1 saturated carbocycles. The van der Waals surface area contributed by atoms with Crippen LogP contribution in [0.4, 0.5) is 0 Å². The van der Waals surface area contributed by atoms with Gasteiger partial charge in [-0.15, -0.1) is 0 Å². The highest BCUT2D eigenvalue weighted by Crippen LogP contribution is 2.33. The Hall–Kier alpha value is -1.58. The van der Waals surface area contributed by atoms with Gasteiger partial charge in [-0.05, 0) is 18.9 Å². The van der Waals surface area contributed by atoms with Crippen molar-refractivity contribution in [1.82, 2.24) is 15.2 Å². The van der Waals surface area contributed by atoms with Gasteiger partial charge in [0.15, 0.2) is 5.82 Å². The molecule has 1 aliphatic carbocycles. The lowest BCUT2D eigenvalue weighted by atomic mass is 10.1. The number of rotatable bonds is 3. The van der Waals surface area contributed by atoms with E-state index in [1.165, 1.54) is 25.7 Å². The van der Waals surface area contributed by atoms with Crippen LogP contribution in [-0.2, 0) is 6.42 Å². The van der Waals surface area contributed by atoms with Gasteiger partial charge in [-0.2, -0.15) is 5.10 Å². The van der Waals surface area contributed by atoms with Crippen molar-refractivity contribution in [2.75, 3.05) is 0 Å². The highest BCUT2D eigenvalue weighted by molar-refractivity contribution is 5.56. The van der Waals surface area contributed by atoms with Gasteiger partial charge in [-0.25, -0.2) is 4.98 Å². The van der Waals surface area contributed by atoms with E-state index in [0.717, 1.165) is 29.4 Å². The first kappa shape index (κ1) is 10.6. The van der Waals surface area contributed by atoms with Crippen molar-refractivity contribution in [2.24, 2.45) is 0 Å². The van der Waals surface area contributed by atoms with E-state index in [2.05, 4.69) is 22.1 Å². The van der Waals surface area contributed by atoms with E-state index in [1.54, 1.807) is 6.26 Å². The molecule has 0 aromatic carbocycles. The lowest BCUT2D eigenvalue weighted by Gasteiger charge is -2.01. The van der Waals surface area contributed by atoms with Crippen molar-refractivity contribution in [3.05, 3.63) is 23.9 Å². The molecule has 0 amide bonds. The Balaban J connectivity index is 1.89. The summed E-state index contributed by atoms with van der Waals surface area (Å²) in [5, 5.41) is 7.40. The molecule has 0 bridgehead atoms. The fourth-order valence-corrected chi connectivity index (χ4v) is 2.59. The maximum Gasteiger partial charge on any atom is 0.184 e. The Bertz CT molecular complexity index is 494. The van der Waals surface area contributed by atoms with Crippen LogP contribution in [-0.4, -0.2) is 15.2 Å². The number of nitrogens with one attached hydrogen (secondary N) is 1. The van der Waals surface area contributed by atoms with Crippen LogP contribution in [0.5, 0.6) is 0 Å². The van der Waals surface area contributed by atoms with Gasteiger partial charge in [0, 0.05) is 12.3 Å². The van der Waals surface area contributed by atoms with Gasteiger partial charge in [0.25, 0.3) is 0 Å². The average molecular weight is 231 g/mol. The molecule has 2 heterocycles. The van der Waals surface area contributed by atoms with Crippen molar-refractivity contribution in [2.45, 2.75) is 44.9 Å². The predicted octanol–water partition coefficient (Wildman–Crippen LogP) is 3.28. The molecule has 4 heteroatoms. The van der Waals surface area contributed by atoms with Gasteiger partial charge in [-0.3, -0.25) is 5.10 Å². The monoisotopic (exact) mass is 231 g/mol. The minimum atomic E-state index is 0.577. The third-order valence-corrected chi connectivity index (χ3v) is 3.55. The number of aromatic amines is 1. The Kier molecular flexibility index (Phi) is 2.71. The van der Waals surface area contributed by atoms with Gasteiger partial charge < -0.3 is 4.42 Å². The molecular formula is C13H17N3O.